The SMILES string of the molecule is Cc1ccc(C=C2Sc3ccc(C(=O)NCCc4ccccc4)cc3N(C)C2=O)cc1. The van der Waals surface area contributed by atoms with Crippen molar-refractivity contribution in [2.75, 3.05) is 18.5 Å². The second-order valence-corrected chi connectivity index (χ2v) is 8.64. The van der Waals surface area contributed by atoms with Crippen LogP contribution in [-0.4, -0.2) is 25.4 Å². The molecule has 0 unspecified atom stereocenters. The molecule has 3 aromatic rings. The topological polar surface area (TPSA) is 49.4 Å². The van der Waals surface area contributed by atoms with Crippen molar-refractivity contribution in [3.05, 3.63) is 100.0 Å². The van der Waals surface area contributed by atoms with Crippen molar-refractivity contribution in [2.24, 2.45) is 0 Å². The van der Waals surface area contributed by atoms with Gasteiger partial charge in [-0.1, -0.05) is 71.9 Å². The molecule has 5 heteroatoms. The number of aryl methyl sites for hydroxylation is 1. The molecule has 0 fully saturated rings. The van der Waals surface area contributed by atoms with E-state index in [9.17, 15) is 9.59 Å². The average molecular weight is 429 g/mol. The van der Waals surface area contributed by atoms with E-state index in [-0.39, 0.29) is 11.8 Å². The van der Waals surface area contributed by atoms with Crippen molar-refractivity contribution in [1.29, 1.82) is 0 Å². The molecule has 1 aliphatic rings. The zero-order valence-electron chi connectivity index (χ0n) is 17.6. The van der Waals surface area contributed by atoms with E-state index in [0.29, 0.717) is 17.0 Å². The molecule has 2 amide bonds. The first-order chi connectivity index (χ1) is 15.0. The van der Waals surface area contributed by atoms with Crippen molar-refractivity contribution < 1.29 is 9.59 Å². The molecular weight excluding hydrogens is 404 g/mol. The van der Waals surface area contributed by atoms with E-state index < -0.39 is 0 Å². The van der Waals surface area contributed by atoms with Gasteiger partial charge in [0.1, 0.15) is 0 Å². The fourth-order valence-corrected chi connectivity index (χ4v) is 4.51. The maximum absolute atomic E-state index is 12.9. The third kappa shape index (κ3) is 4.89. The van der Waals surface area contributed by atoms with Gasteiger partial charge in [0.05, 0.1) is 10.6 Å². The molecule has 0 spiro atoms. The molecule has 4 rings (SSSR count). The Morgan fingerprint density at radius 3 is 2.52 bits per heavy atom. The summed E-state index contributed by atoms with van der Waals surface area (Å²) in [7, 11) is 1.75. The van der Waals surface area contributed by atoms with Gasteiger partial charge < -0.3 is 10.2 Å². The third-order valence-electron chi connectivity index (χ3n) is 5.23. The lowest BCUT2D eigenvalue weighted by Gasteiger charge is -2.27. The highest BCUT2D eigenvalue weighted by Gasteiger charge is 2.27. The van der Waals surface area contributed by atoms with Crippen molar-refractivity contribution in [2.45, 2.75) is 18.2 Å². The largest absolute Gasteiger partial charge is 0.352 e. The number of carbonyl (C=O) groups is 2. The van der Waals surface area contributed by atoms with Gasteiger partial charge in [0, 0.05) is 24.1 Å². The molecule has 3 aromatic carbocycles. The molecule has 0 atom stereocenters. The van der Waals surface area contributed by atoms with Crippen LogP contribution in [0.2, 0.25) is 0 Å². The zero-order chi connectivity index (χ0) is 21.8. The molecule has 1 N–H and O–H groups in total. The van der Waals surface area contributed by atoms with E-state index in [4.69, 9.17) is 0 Å². The van der Waals surface area contributed by atoms with Crippen LogP contribution in [0.15, 0.2) is 82.6 Å². The van der Waals surface area contributed by atoms with Gasteiger partial charge in [-0.25, -0.2) is 0 Å². The van der Waals surface area contributed by atoms with Gasteiger partial charge in [0.15, 0.2) is 0 Å². The Bertz CT molecular complexity index is 1140. The Kier molecular flexibility index (Phi) is 6.23. The number of thioether (sulfide) groups is 1. The Labute approximate surface area is 187 Å². The summed E-state index contributed by atoms with van der Waals surface area (Å²) in [5.41, 5.74) is 4.67. The Morgan fingerprint density at radius 2 is 1.77 bits per heavy atom. The van der Waals surface area contributed by atoms with Crippen LogP contribution >= 0.6 is 11.8 Å². The number of hydrogen-bond acceptors (Lipinski definition) is 3. The highest BCUT2D eigenvalue weighted by molar-refractivity contribution is 8.04. The first-order valence-corrected chi connectivity index (χ1v) is 11.0. The van der Waals surface area contributed by atoms with E-state index in [2.05, 4.69) is 5.32 Å². The first-order valence-electron chi connectivity index (χ1n) is 10.2. The summed E-state index contributed by atoms with van der Waals surface area (Å²) in [5, 5.41) is 2.97. The van der Waals surface area contributed by atoms with Crippen LogP contribution in [0.3, 0.4) is 0 Å². The lowest BCUT2D eigenvalue weighted by Crippen LogP contribution is -2.31. The lowest BCUT2D eigenvalue weighted by atomic mass is 10.1. The number of carbonyl (C=O) groups excluding carboxylic acids is 2. The van der Waals surface area contributed by atoms with E-state index in [1.165, 1.54) is 22.9 Å². The molecule has 1 aliphatic heterocycles. The molecule has 0 aliphatic carbocycles. The third-order valence-corrected chi connectivity index (χ3v) is 6.31. The molecule has 31 heavy (non-hydrogen) atoms. The predicted molar refractivity (Wildman–Crippen MR) is 127 cm³/mol. The standard InChI is InChI=1S/C26H24N2O2S/c1-18-8-10-20(11-9-18)16-24-26(30)28(2)22-17-21(12-13-23(22)31-24)25(29)27-15-14-19-6-4-3-5-7-19/h3-13,16-17H,14-15H2,1-2H3,(H,27,29). The number of anilines is 1. The predicted octanol–water partition coefficient (Wildman–Crippen LogP) is 5.08. The van der Waals surface area contributed by atoms with E-state index in [0.717, 1.165) is 22.6 Å². The van der Waals surface area contributed by atoms with Gasteiger partial charge in [0.25, 0.3) is 11.8 Å². The quantitative estimate of drug-likeness (QED) is 0.577. The molecule has 1 heterocycles. The molecule has 0 aromatic heterocycles. The van der Waals surface area contributed by atoms with E-state index in [1.54, 1.807) is 18.0 Å². The molecule has 0 bridgehead atoms. The number of fused-ring (bicyclic) bond motifs is 1. The number of nitrogens with one attached hydrogen (secondary N) is 1. The fraction of sp³-hybridized carbons (Fsp3) is 0.154. The highest BCUT2D eigenvalue weighted by atomic mass is 32.2. The lowest BCUT2D eigenvalue weighted by molar-refractivity contribution is -0.114. The van der Waals surface area contributed by atoms with Crippen molar-refractivity contribution in [3.63, 3.8) is 0 Å². The van der Waals surface area contributed by atoms with Crippen molar-refractivity contribution >= 4 is 35.3 Å². The number of nitrogens with zero attached hydrogens (tertiary/aromatic N) is 1. The Morgan fingerprint density at radius 1 is 1.03 bits per heavy atom. The van der Waals surface area contributed by atoms with Gasteiger partial charge in [-0.2, -0.15) is 0 Å². The monoisotopic (exact) mass is 428 g/mol. The van der Waals surface area contributed by atoms with Crippen LogP contribution in [0, 0.1) is 6.92 Å². The number of amides is 2. The van der Waals surface area contributed by atoms with Crippen LogP contribution in [0.25, 0.3) is 6.08 Å². The minimum atomic E-state index is -0.134. The molecule has 0 radical (unpaired) electrons. The number of hydrogen-bond donors (Lipinski definition) is 1. The fourth-order valence-electron chi connectivity index (χ4n) is 3.42. The van der Waals surface area contributed by atoms with Gasteiger partial charge >= 0.3 is 0 Å². The zero-order valence-corrected chi connectivity index (χ0v) is 18.4. The maximum atomic E-state index is 12.9. The molecular formula is C26H24N2O2S. The van der Waals surface area contributed by atoms with Crippen LogP contribution in [-0.2, 0) is 11.2 Å². The molecule has 156 valence electrons. The second kappa shape index (κ2) is 9.23. The Hall–Kier alpha value is -3.31. The van der Waals surface area contributed by atoms with Crippen LogP contribution in [0.1, 0.15) is 27.0 Å². The molecule has 0 saturated heterocycles. The van der Waals surface area contributed by atoms with Crippen LogP contribution in [0.4, 0.5) is 5.69 Å². The number of rotatable bonds is 5. The average Bonchev–Trinajstić information content (AvgIpc) is 2.79. The van der Waals surface area contributed by atoms with E-state index >= 15 is 0 Å². The second-order valence-electron chi connectivity index (χ2n) is 7.56. The maximum Gasteiger partial charge on any atom is 0.264 e. The van der Waals surface area contributed by atoms with Gasteiger partial charge in [-0.3, -0.25) is 9.59 Å². The Balaban J connectivity index is 1.48. The summed E-state index contributed by atoms with van der Waals surface area (Å²) in [6.45, 7) is 2.60. The van der Waals surface area contributed by atoms with Gasteiger partial charge in [-0.15, -0.1) is 0 Å². The van der Waals surface area contributed by atoms with Crippen molar-refractivity contribution in [3.8, 4) is 0 Å². The van der Waals surface area contributed by atoms with Crippen LogP contribution < -0.4 is 10.2 Å². The summed E-state index contributed by atoms with van der Waals surface area (Å²) in [5.74, 6) is -0.203. The summed E-state index contributed by atoms with van der Waals surface area (Å²) in [4.78, 5) is 28.8. The number of benzene rings is 3. The first kappa shape index (κ1) is 20.9. The minimum Gasteiger partial charge on any atom is -0.352 e. The highest BCUT2D eigenvalue weighted by Crippen LogP contribution is 2.42. The van der Waals surface area contributed by atoms with Crippen LogP contribution in [0.5, 0.6) is 0 Å². The minimum absolute atomic E-state index is 0.0697. The summed E-state index contributed by atoms with van der Waals surface area (Å²) < 4.78 is 0. The summed E-state index contributed by atoms with van der Waals surface area (Å²) in [6, 6.07) is 23.7. The normalized spacial score (nSPS) is 14.5. The summed E-state index contributed by atoms with van der Waals surface area (Å²) in [6.07, 6.45) is 2.69. The van der Waals surface area contributed by atoms with E-state index in [1.807, 2.05) is 79.7 Å². The molecule has 4 nitrogen and oxygen atoms in total. The smallest absolute Gasteiger partial charge is 0.264 e. The molecule has 0 saturated carbocycles. The number of likely N-dealkylation sites (N-methyl/N-ethyl adjacent to an activating group) is 1. The van der Waals surface area contributed by atoms with Gasteiger partial charge in [0.2, 0.25) is 0 Å². The van der Waals surface area contributed by atoms with Crippen molar-refractivity contribution in [1.82, 2.24) is 5.32 Å². The van der Waals surface area contributed by atoms with Gasteiger partial charge in [-0.05, 0) is 48.7 Å². The summed E-state index contributed by atoms with van der Waals surface area (Å²) >= 11 is 1.44.